The zero-order valence-electron chi connectivity index (χ0n) is 18.8. The molecule has 4 heteroatoms. The Bertz CT molecular complexity index is 1140. The molecule has 0 aliphatic rings. The number of fused-ring (bicyclic) bond motifs is 1. The van der Waals surface area contributed by atoms with Crippen LogP contribution in [0.4, 0.5) is 0 Å². The van der Waals surface area contributed by atoms with Gasteiger partial charge in [-0.15, -0.1) is 0 Å². The number of imidazole rings is 1. The normalized spacial score (nSPS) is 11.6. The largest absolute Gasteiger partial charge is 0.492 e. The van der Waals surface area contributed by atoms with Gasteiger partial charge >= 0.3 is 0 Å². The highest BCUT2D eigenvalue weighted by molar-refractivity contribution is 5.75. The van der Waals surface area contributed by atoms with Crippen LogP contribution in [0.2, 0.25) is 0 Å². The molecule has 160 valence electrons. The van der Waals surface area contributed by atoms with E-state index in [1.807, 2.05) is 42.5 Å². The predicted octanol–water partition coefficient (Wildman–Crippen LogP) is 6.30. The molecule has 0 radical (unpaired) electrons. The molecule has 0 spiro atoms. The zero-order chi connectivity index (χ0) is 21.8. The Kier molecular flexibility index (Phi) is 5.99. The summed E-state index contributed by atoms with van der Waals surface area (Å²) in [5, 5.41) is 0. The van der Waals surface area contributed by atoms with Crippen molar-refractivity contribution in [2.45, 2.75) is 46.3 Å². The Morgan fingerprint density at radius 3 is 2.16 bits per heavy atom. The van der Waals surface area contributed by atoms with Gasteiger partial charge in [-0.1, -0.05) is 62.7 Å². The first-order valence-electron chi connectivity index (χ1n) is 10.8. The average molecular weight is 415 g/mol. The molecule has 0 atom stereocenters. The van der Waals surface area contributed by atoms with E-state index in [1.54, 1.807) is 0 Å². The summed E-state index contributed by atoms with van der Waals surface area (Å²) in [6.45, 7) is 10.4. The smallest absolute Gasteiger partial charge is 0.148 e. The van der Waals surface area contributed by atoms with Crippen molar-refractivity contribution in [1.82, 2.24) is 9.55 Å². The summed E-state index contributed by atoms with van der Waals surface area (Å²) in [6, 6.07) is 24.7. The van der Waals surface area contributed by atoms with Crippen molar-refractivity contribution in [2.75, 3.05) is 6.61 Å². The van der Waals surface area contributed by atoms with Crippen LogP contribution in [0.15, 0.2) is 72.8 Å². The van der Waals surface area contributed by atoms with Crippen LogP contribution in [0, 0.1) is 6.92 Å². The minimum Gasteiger partial charge on any atom is -0.492 e. The molecule has 31 heavy (non-hydrogen) atoms. The van der Waals surface area contributed by atoms with Gasteiger partial charge in [0.05, 0.1) is 17.6 Å². The van der Waals surface area contributed by atoms with Crippen LogP contribution >= 0.6 is 0 Å². The quantitative estimate of drug-likeness (QED) is 0.356. The lowest BCUT2D eigenvalue weighted by Crippen LogP contribution is -2.13. The fourth-order valence-corrected chi connectivity index (χ4v) is 3.57. The summed E-state index contributed by atoms with van der Waals surface area (Å²) >= 11 is 0. The van der Waals surface area contributed by atoms with Gasteiger partial charge < -0.3 is 14.0 Å². The van der Waals surface area contributed by atoms with Crippen LogP contribution in [0.25, 0.3) is 11.0 Å². The minimum atomic E-state index is 0.129. The van der Waals surface area contributed by atoms with Crippen LogP contribution in [0.1, 0.15) is 37.7 Å². The van der Waals surface area contributed by atoms with E-state index in [2.05, 4.69) is 62.6 Å². The van der Waals surface area contributed by atoms with Gasteiger partial charge in [0.1, 0.15) is 30.5 Å². The summed E-state index contributed by atoms with van der Waals surface area (Å²) in [6.07, 6.45) is 0. The Hall–Kier alpha value is -3.27. The maximum Gasteiger partial charge on any atom is 0.148 e. The molecule has 0 N–H and O–H groups in total. The van der Waals surface area contributed by atoms with E-state index in [4.69, 9.17) is 14.5 Å². The van der Waals surface area contributed by atoms with Gasteiger partial charge in [0.2, 0.25) is 0 Å². The topological polar surface area (TPSA) is 36.3 Å². The second-order valence-corrected chi connectivity index (χ2v) is 8.89. The van der Waals surface area contributed by atoms with Crippen LogP contribution < -0.4 is 9.47 Å². The molecule has 4 nitrogen and oxygen atoms in total. The molecule has 0 saturated heterocycles. The van der Waals surface area contributed by atoms with Crippen LogP contribution in [-0.4, -0.2) is 16.2 Å². The van der Waals surface area contributed by atoms with E-state index in [-0.39, 0.29) is 5.41 Å². The van der Waals surface area contributed by atoms with Crippen molar-refractivity contribution >= 4 is 11.0 Å². The molecule has 0 fully saturated rings. The number of hydrogen-bond acceptors (Lipinski definition) is 3. The van der Waals surface area contributed by atoms with E-state index in [9.17, 15) is 0 Å². The third-order valence-corrected chi connectivity index (χ3v) is 5.43. The van der Waals surface area contributed by atoms with Gasteiger partial charge in [-0.25, -0.2) is 4.98 Å². The Morgan fingerprint density at radius 2 is 1.45 bits per heavy atom. The average Bonchev–Trinajstić information content (AvgIpc) is 3.11. The molecule has 0 aliphatic heterocycles. The predicted molar refractivity (Wildman–Crippen MR) is 126 cm³/mol. The zero-order valence-corrected chi connectivity index (χ0v) is 18.8. The molecule has 0 bridgehead atoms. The van der Waals surface area contributed by atoms with E-state index >= 15 is 0 Å². The number of ether oxygens (including phenoxy) is 2. The van der Waals surface area contributed by atoms with E-state index in [0.717, 1.165) is 28.4 Å². The summed E-state index contributed by atoms with van der Waals surface area (Å²) in [5.74, 6) is 2.63. The van der Waals surface area contributed by atoms with Gasteiger partial charge in [-0.2, -0.15) is 0 Å². The fourth-order valence-electron chi connectivity index (χ4n) is 3.57. The summed E-state index contributed by atoms with van der Waals surface area (Å²) in [5.41, 5.74) is 4.71. The molecular weight excluding hydrogens is 384 g/mol. The molecular formula is C27H30N2O2. The number of aryl methyl sites for hydroxylation is 1. The first kappa shape index (κ1) is 21.0. The Morgan fingerprint density at radius 1 is 0.806 bits per heavy atom. The number of benzene rings is 3. The number of hydrogen-bond donors (Lipinski definition) is 0. The molecule has 0 saturated carbocycles. The summed E-state index contributed by atoms with van der Waals surface area (Å²) in [4.78, 5) is 4.80. The van der Waals surface area contributed by atoms with Crippen molar-refractivity contribution in [3.05, 3.63) is 89.7 Å². The second kappa shape index (κ2) is 8.84. The number of aromatic nitrogens is 2. The SMILES string of the molecule is Cc1ccc(OCCn2c(COc3ccc(C(C)(C)C)cc3)nc3ccccc32)cc1. The van der Waals surface area contributed by atoms with Crippen molar-refractivity contribution in [3.8, 4) is 11.5 Å². The van der Waals surface area contributed by atoms with E-state index in [1.165, 1.54) is 11.1 Å². The second-order valence-electron chi connectivity index (χ2n) is 8.89. The van der Waals surface area contributed by atoms with Crippen LogP contribution in [0.5, 0.6) is 11.5 Å². The maximum atomic E-state index is 6.08. The monoisotopic (exact) mass is 414 g/mol. The van der Waals surface area contributed by atoms with Crippen LogP contribution in [0.3, 0.4) is 0 Å². The van der Waals surface area contributed by atoms with Gasteiger partial charge in [0, 0.05) is 0 Å². The number of para-hydroxylation sites is 2. The third-order valence-electron chi connectivity index (χ3n) is 5.43. The Labute approximate surface area is 184 Å². The van der Waals surface area contributed by atoms with Gasteiger partial charge in [-0.05, 0) is 54.3 Å². The fraction of sp³-hybridized carbons (Fsp3) is 0.296. The number of nitrogens with zero attached hydrogens (tertiary/aromatic N) is 2. The lowest BCUT2D eigenvalue weighted by atomic mass is 9.87. The van der Waals surface area contributed by atoms with Crippen molar-refractivity contribution < 1.29 is 9.47 Å². The standard InChI is InChI=1S/C27H30N2O2/c1-20-9-13-22(14-10-20)30-18-17-29-25-8-6-5-7-24(25)28-26(29)19-31-23-15-11-21(12-16-23)27(2,3)4/h5-16H,17-19H2,1-4H3. The molecule has 0 amide bonds. The maximum absolute atomic E-state index is 6.08. The highest BCUT2D eigenvalue weighted by Gasteiger charge is 2.14. The van der Waals surface area contributed by atoms with Gasteiger partial charge in [0.25, 0.3) is 0 Å². The number of rotatable bonds is 7. The Balaban J connectivity index is 1.47. The highest BCUT2D eigenvalue weighted by atomic mass is 16.5. The van der Waals surface area contributed by atoms with Gasteiger partial charge in [-0.3, -0.25) is 0 Å². The molecule has 4 rings (SSSR count). The van der Waals surface area contributed by atoms with E-state index in [0.29, 0.717) is 19.8 Å². The van der Waals surface area contributed by atoms with E-state index < -0.39 is 0 Å². The highest BCUT2D eigenvalue weighted by Crippen LogP contribution is 2.25. The minimum absolute atomic E-state index is 0.129. The van der Waals surface area contributed by atoms with Crippen molar-refractivity contribution in [3.63, 3.8) is 0 Å². The first-order chi connectivity index (χ1) is 14.9. The first-order valence-corrected chi connectivity index (χ1v) is 10.8. The lowest BCUT2D eigenvalue weighted by Gasteiger charge is -2.19. The summed E-state index contributed by atoms with van der Waals surface area (Å²) < 4.78 is 14.2. The van der Waals surface area contributed by atoms with Crippen molar-refractivity contribution in [1.29, 1.82) is 0 Å². The summed E-state index contributed by atoms with van der Waals surface area (Å²) in [7, 11) is 0. The van der Waals surface area contributed by atoms with Crippen LogP contribution in [-0.2, 0) is 18.6 Å². The van der Waals surface area contributed by atoms with Gasteiger partial charge in [0.15, 0.2) is 0 Å². The molecule has 1 heterocycles. The molecule has 4 aromatic rings. The molecule has 3 aromatic carbocycles. The molecule has 0 unspecified atom stereocenters. The molecule has 1 aromatic heterocycles. The van der Waals surface area contributed by atoms with Crippen molar-refractivity contribution in [2.24, 2.45) is 0 Å². The third kappa shape index (κ3) is 5.08. The molecule has 0 aliphatic carbocycles. The lowest BCUT2D eigenvalue weighted by molar-refractivity contribution is 0.272.